The highest BCUT2D eigenvalue weighted by Crippen LogP contribution is 2.26. The summed E-state index contributed by atoms with van der Waals surface area (Å²) in [5.74, 6) is 0.920. The van der Waals surface area contributed by atoms with Gasteiger partial charge in [-0.25, -0.2) is 0 Å². The van der Waals surface area contributed by atoms with Gasteiger partial charge < -0.3 is 14.1 Å². The molecule has 0 N–H and O–H groups in total. The number of hydrogen-bond acceptors (Lipinski definition) is 4. The number of fused-ring (bicyclic) bond motifs is 1. The minimum atomic E-state index is 0.733. The normalized spacial score (nSPS) is 17.6. The van der Waals surface area contributed by atoms with Crippen molar-refractivity contribution in [3.05, 3.63) is 30.7 Å². The van der Waals surface area contributed by atoms with Gasteiger partial charge in [0.1, 0.15) is 18.6 Å². The molecule has 0 bridgehead atoms. The molecule has 1 aliphatic heterocycles. The van der Waals surface area contributed by atoms with Crippen LogP contribution < -0.4 is 4.74 Å². The molecule has 2 heterocycles. The van der Waals surface area contributed by atoms with Crippen molar-refractivity contribution in [1.82, 2.24) is 9.80 Å². The van der Waals surface area contributed by atoms with Crippen LogP contribution in [0.5, 0.6) is 5.75 Å². The predicted octanol–water partition coefficient (Wildman–Crippen LogP) is 2.45. The minimum Gasteiger partial charge on any atom is -0.491 e. The Morgan fingerprint density at radius 1 is 1.10 bits per heavy atom. The molecule has 3 rings (SSSR count). The Balaban J connectivity index is 1.49. The summed E-state index contributed by atoms with van der Waals surface area (Å²) in [6.45, 7) is 9.75. The molecule has 0 atom stereocenters. The topological polar surface area (TPSA) is 28.9 Å². The Labute approximate surface area is 119 Å². The van der Waals surface area contributed by atoms with E-state index in [1.807, 2.05) is 18.2 Å². The molecule has 0 unspecified atom stereocenters. The number of nitrogens with zero attached hydrogens (tertiary/aromatic N) is 2. The van der Waals surface area contributed by atoms with E-state index < -0.39 is 0 Å². The van der Waals surface area contributed by atoms with Crippen LogP contribution in [0.2, 0.25) is 0 Å². The summed E-state index contributed by atoms with van der Waals surface area (Å²) in [7, 11) is 0. The second-order valence-electron chi connectivity index (χ2n) is 5.26. The van der Waals surface area contributed by atoms with Gasteiger partial charge in [0.2, 0.25) is 0 Å². The van der Waals surface area contributed by atoms with E-state index in [4.69, 9.17) is 9.15 Å². The van der Waals surface area contributed by atoms with Crippen LogP contribution in [0, 0.1) is 0 Å². The maximum absolute atomic E-state index is 5.92. The first-order valence-corrected chi connectivity index (χ1v) is 7.39. The zero-order chi connectivity index (χ0) is 13.8. The van der Waals surface area contributed by atoms with Crippen molar-refractivity contribution in [2.75, 3.05) is 45.9 Å². The fourth-order valence-electron chi connectivity index (χ4n) is 2.70. The fraction of sp³-hybridized carbons (Fsp3) is 0.500. The van der Waals surface area contributed by atoms with Crippen molar-refractivity contribution in [2.45, 2.75) is 6.92 Å². The van der Waals surface area contributed by atoms with Crippen molar-refractivity contribution in [3.8, 4) is 5.75 Å². The average Bonchev–Trinajstić information content (AvgIpc) is 2.97. The molecule has 1 fully saturated rings. The average molecular weight is 274 g/mol. The van der Waals surface area contributed by atoms with Gasteiger partial charge in [-0.1, -0.05) is 19.1 Å². The van der Waals surface area contributed by atoms with E-state index >= 15 is 0 Å². The molecule has 0 saturated carbocycles. The number of rotatable bonds is 5. The van der Waals surface area contributed by atoms with Gasteiger partial charge in [-0.3, -0.25) is 4.90 Å². The number of furan rings is 1. The molecule has 0 spiro atoms. The number of benzene rings is 1. The van der Waals surface area contributed by atoms with Crippen LogP contribution in [0.3, 0.4) is 0 Å². The van der Waals surface area contributed by atoms with Crippen LogP contribution in [0.4, 0.5) is 0 Å². The maximum Gasteiger partial charge on any atom is 0.130 e. The SMILES string of the molecule is CCN1CCN(CCOc2cccc3cocc23)CC1. The van der Waals surface area contributed by atoms with E-state index in [1.54, 1.807) is 12.5 Å². The van der Waals surface area contributed by atoms with Crippen LogP contribution in [0.1, 0.15) is 6.92 Å². The van der Waals surface area contributed by atoms with Crippen LogP contribution in [-0.2, 0) is 0 Å². The van der Waals surface area contributed by atoms with Gasteiger partial charge in [-0.2, -0.15) is 0 Å². The molecular formula is C16H22N2O2. The van der Waals surface area contributed by atoms with E-state index in [1.165, 1.54) is 13.1 Å². The Hall–Kier alpha value is -1.52. The molecule has 1 aromatic carbocycles. The van der Waals surface area contributed by atoms with Crippen molar-refractivity contribution in [2.24, 2.45) is 0 Å². The standard InChI is InChI=1S/C16H22N2O2/c1-2-17-6-8-18(9-7-17)10-11-20-16-5-3-4-14-12-19-13-15(14)16/h3-5,12-13H,2,6-11H2,1H3. The molecule has 4 nitrogen and oxygen atoms in total. The molecule has 2 aromatic rings. The number of hydrogen-bond donors (Lipinski definition) is 0. The third kappa shape index (κ3) is 2.97. The Kier molecular flexibility index (Phi) is 4.23. The van der Waals surface area contributed by atoms with Crippen molar-refractivity contribution >= 4 is 10.8 Å². The van der Waals surface area contributed by atoms with E-state index in [-0.39, 0.29) is 0 Å². The third-order valence-corrected chi connectivity index (χ3v) is 4.06. The Bertz CT molecular complexity index is 544. The largest absolute Gasteiger partial charge is 0.491 e. The van der Waals surface area contributed by atoms with Crippen LogP contribution >= 0.6 is 0 Å². The first kappa shape index (κ1) is 13.5. The Morgan fingerprint density at radius 3 is 2.70 bits per heavy atom. The lowest BCUT2D eigenvalue weighted by atomic mass is 10.2. The van der Waals surface area contributed by atoms with Gasteiger partial charge in [-0.05, 0) is 12.6 Å². The first-order valence-electron chi connectivity index (χ1n) is 7.39. The van der Waals surface area contributed by atoms with E-state index in [0.717, 1.165) is 49.3 Å². The number of ether oxygens (including phenoxy) is 1. The summed E-state index contributed by atoms with van der Waals surface area (Å²) in [4.78, 5) is 4.96. The smallest absolute Gasteiger partial charge is 0.130 e. The number of likely N-dealkylation sites (N-methyl/N-ethyl adjacent to an activating group) is 1. The molecule has 1 saturated heterocycles. The summed E-state index contributed by atoms with van der Waals surface area (Å²) >= 11 is 0. The third-order valence-electron chi connectivity index (χ3n) is 4.06. The second kappa shape index (κ2) is 6.29. The predicted molar refractivity (Wildman–Crippen MR) is 80.3 cm³/mol. The monoisotopic (exact) mass is 274 g/mol. The highest BCUT2D eigenvalue weighted by molar-refractivity contribution is 5.86. The molecule has 108 valence electrons. The molecule has 1 aliphatic rings. The molecule has 20 heavy (non-hydrogen) atoms. The molecule has 0 amide bonds. The first-order chi connectivity index (χ1) is 9.86. The number of piperazine rings is 1. The van der Waals surface area contributed by atoms with Crippen LogP contribution in [-0.4, -0.2) is 55.7 Å². The van der Waals surface area contributed by atoms with E-state index in [9.17, 15) is 0 Å². The van der Waals surface area contributed by atoms with E-state index in [2.05, 4.69) is 16.7 Å². The zero-order valence-corrected chi connectivity index (χ0v) is 12.0. The molecule has 1 aromatic heterocycles. The highest BCUT2D eigenvalue weighted by Gasteiger charge is 2.15. The molecule has 4 heteroatoms. The lowest BCUT2D eigenvalue weighted by Gasteiger charge is -2.33. The zero-order valence-electron chi connectivity index (χ0n) is 12.0. The van der Waals surface area contributed by atoms with Gasteiger partial charge in [0.25, 0.3) is 0 Å². The summed E-state index contributed by atoms with van der Waals surface area (Å²) in [6, 6.07) is 6.05. The van der Waals surface area contributed by atoms with Gasteiger partial charge in [0.15, 0.2) is 0 Å². The van der Waals surface area contributed by atoms with Gasteiger partial charge >= 0.3 is 0 Å². The minimum absolute atomic E-state index is 0.733. The van der Waals surface area contributed by atoms with Crippen molar-refractivity contribution < 1.29 is 9.15 Å². The van der Waals surface area contributed by atoms with Crippen LogP contribution in [0.25, 0.3) is 10.8 Å². The second-order valence-corrected chi connectivity index (χ2v) is 5.26. The quantitative estimate of drug-likeness (QED) is 0.837. The van der Waals surface area contributed by atoms with Crippen LogP contribution in [0.15, 0.2) is 35.1 Å². The molecule has 0 aliphatic carbocycles. The lowest BCUT2D eigenvalue weighted by Crippen LogP contribution is -2.47. The van der Waals surface area contributed by atoms with E-state index in [0.29, 0.717) is 0 Å². The fourth-order valence-corrected chi connectivity index (χ4v) is 2.70. The highest BCUT2D eigenvalue weighted by atomic mass is 16.5. The lowest BCUT2D eigenvalue weighted by molar-refractivity contribution is 0.121. The molecule has 0 radical (unpaired) electrons. The van der Waals surface area contributed by atoms with Gasteiger partial charge in [-0.15, -0.1) is 0 Å². The molecular weight excluding hydrogens is 252 g/mol. The summed E-state index contributed by atoms with van der Waals surface area (Å²) in [5, 5.41) is 2.15. The van der Waals surface area contributed by atoms with Crippen molar-refractivity contribution in [3.63, 3.8) is 0 Å². The van der Waals surface area contributed by atoms with Gasteiger partial charge in [0, 0.05) is 38.1 Å². The summed E-state index contributed by atoms with van der Waals surface area (Å²) < 4.78 is 11.1. The Morgan fingerprint density at radius 2 is 1.90 bits per heavy atom. The van der Waals surface area contributed by atoms with Gasteiger partial charge in [0.05, 0.1) is 11.6 Å². The summed E-state index contributed by atoms with van der Waals surface area (Å²) in [6.07, 6.45) is 3.51. The van der Waals surface area contributed by atoms with Crippen molar-refractivity contribution in [1.29, 1.82) is 0 Å². The summed E-state index contributed by atoms with van der Waals surface area (Å²) in [5.41, 5.74) is 0. The maximum atomic E-state index is 5.92.